The highest BCUT2D eigenvalue weighted by Crippen LogP contribution is 2.24. The van der Waals surface area contributed by atoms with Gasteiger partial charge in [-0.05, 0) is 48.8 Å². The molecule has 0 amide bonds. The summed E-state index contributed by atoms with van der Waals surface area (Å²) in [6.45, 7) is 0.816. The Morgan fingerprint density at radius 2 is 2.64 bits per heavy atom. The van der Waals surface area contributed by atoms with Gasteiger partial charge >= 0.3 is 0 Å². The Hall–Kier alpha value is -0.410. The van der Waals surface area contributed by atoms with Crippen molar-refractivity contribution >= 4 is 11.5 Å². The third kappa shape index (κ3) is 1.30. The Bertz CT molecular complexity index is 244. The number of fused-ring (bicyclic) bond motifs is 1. The minimum atomic E-state index is 0.685. The van der Waals surface area contributed by atoms with Crippen LogP contribution in [0, 0.1) is 5.92 Å². The molecule has 0 fully saturated rings. The van der Waals surface area contributed by atoms with E-state index in [1.54, 1.807) is 11.5 Å². The van der Waals surface area contributed by atoms with E-state index in [0.29, 0.717) is 5.92 Å². The van der Waals surface area contributed by atoms with Gasteiger partial charge < -0.3 is 5.73 Å². The van der Waals surface area contributed by atoms with E-state index in [-0.39, 0.29) is 0 Å². The molecule has 0 saturated carbocycles. The van der Waals surface area contributed by atoms with Gasteiger partial charge in [0.1, 0.15) is 0 Å². The number of nitrogens with two attached hydrogens (primary N) is 1. The molecule has 2 N–H and O–H groups in total. The number of rotatable bonds is 1. The first-order valence-corrected chi connectivity index (χ1v) is 4.86. The lowest BCUT2D eigenvalue weighted by atomic mass is 9.88. The highest BCUT2D eigenvalue weighted by atomic mass is 32.1. The molecular formula is C8H12N2S. The number of aromatic nitrogens is 1. The molecule has 3 heteroatoms. The van der Waals surface area contributed by atoms with Crippen LogP contribution < -0.4 is 5.73 Å². The first-order valence-electron chi connectivity index (χ1n) is 4.02. The molecule has 11 heavy (non-hydrogen) atoms. The molecule has 1 aromatic rings. The van der Waals surface area contributed by atoms with Gasteiger partial charge in [-0.15, -0.1) is 0 Å². The van der Waals surface area contributed by atoms with Crippen LogP contribution in [0.5, 0.6) is 0 Å². The summed E-state index contributed by atoms with van der Waals surface area (Å²) < 4.78 is 4.34. The molecule has 1 heterocycles. The fourth-order valence-electron chi connectivity index (χ4n) is 1.59. The third-order valence-electron chi connectivity index (χ3n) is 2.37. The van der Waals surface area contributed by atoms with Crippen molar-refractivity contribution in [3.63, 3.8) is 0 Å². The van der Waals surface area contributed by atoms with Crippen LogP contribution in [0.25, 0.3) is 0 Å². The highest BCUT2D eigenvalue weighted by molar-refractivity contribution is 7.03. The second-order valence-corrected chi connectivity index (χ2v) is 3.76. The summed E-state index contributed by atoms with van der Waals surface area (Å²) in [5, 5.41) is 2.17. The average molecular weight is 168 g/mol. The number of aryl methyl sites for hydroxylation is 1. The zero-order valence-corrected chi connectivity index (χ0v) is 7.23. The van der Waals surface area contributed by atoms with E-state index in [2.05, 4.69) is 9.75 Å². The Morgan fingerprint density at radius 1 is 1.73 bits per heavy atom. The van der Waals surface area contributed by atoms with Gasteiger partial charge in [0.2, 0.25) is 0 Å². The van der Waals surface area contributed by atoms with Gasteiger partial charge in [0.25, 0.3) is 0 Å². The van der Waals surface area contributed by atoms with E-state index in [1.165, 1.54) is 24.1 Å². The maximum absolute atomic E-state index is 5.60. The molecule has 0 saturated heterocycles. The molecule has 1 atom stereocenters. The quantitative estimate of drug-likeness (QED) is 0.684. The number of nitrogens with zero attached hydrogens (tertiary/aromatic N) is 1. The van der Waals surface area contributed by atoms with Crippen LogP contribution in [0.2, 0.25) is 0 Å². The molecule has 2 rings (SSSR count). The summed E-state index contributed by atoms with van der Waals surface area (Å²) in [5.74, 6) is 0.685. The molecule has 1 aliphatic carbocycles. The number of hydrogen-bond donors (Lipinski definition) is 1. The van der Waals surface area contributed by atoms with Gasteiger partial charge in [-0.25, -0.2) is 0 Å². The Kier molecular flexibility index (Phi) is 1.92. The van der Waals surface area contributed by atoms with Crippen molar-refractivity contribution in [2.45, 2.75) is 19.3 Å². The third-order valence-corrected chi connectivity index (χ3v) is 3.08. The minimum absolute atomic E-state index is 0.685. The van der Waals surface area contributed by atoms with Gasteiger partial charge in [0.05, 0.1) is 5.69 Å². The zero-order chi connectivity index (χ0) is 7.68. The standard InChI is InChI=1S/C8H12N2S/c9-4-6-1-2-7-5-11-10-8(7)3-6/h5-6H,1-4,9H2. The van der Waals surface area contributed by atoms with Crippen molar-refractivity contribution in [3.05, 3.63) is 16.6 Å². The minimum Gasteiger partial charge on any atom is -0.330 e. The summed E-state index contributed by atoms with van der Waals surface area (Å²) >= 11 is 1.58. The van der Waals surface area contributed by atoms with Crippen molar-refractivity contribution in [2.75, 3.05) is 6.54 Å². The summed E-state index contributed by atoms with van der Waals surface area (Å²) in [6.07, 6.45) is 3.55. The van der Waals surface area contributed by atoms with Gasteiger partial charge in [-0.2, -0.15) is 4.37 Å². The van der Waals surface area contributed by atoms with Crippen molar-refractivity contribution < 1.29 is 0 Å². The van der Waals surface area contributed by atoms with Crippen molar-refractivity contribution in [2.24, 2.45) is 11.7 Å². The van der Waals surface area contributed by atoms with Crippen LogP contribution in [0.3, 0.4) is 0 Å². The second kappa shape index (κ2) is 2.91. The van der Waals surface area contributed by atoms with E-state index in [4.69, 9.17) is 5.73 Å². The van der Waals surface area contributed by atoms with Crippen LogP contribution in [-0.4, -0.2) is 10.9 Å². The lowest BCUT2D eigenvalue weighted by molar-refractivity contribution is 0.465. The van der Waals surface area contributed by atoms with E-state index in [1.807, 2.05) is 0 Å². The molecule has 0 bridgehead atoms. The monoisotopic (exact) mass is 168 g/mol. The maximum Gasteiger partial charge on any atom is 0.0577 e. The van der Waals surface area contributed by atoms with Crippen LogP contribution in [0.15, 0.2) is 5.38 Å². The summed E-state index contributed by atoms with van der Waals surface area (Å²) in [4.78, 5) is 0. The highest BCUT2D eigenvalue weighted by Gasteiger charge is 2.18. The van der Waals surface area contributed by atoms with Crippen LogP contribution in [0.1, 0.15) is 17.7 Å². The molecule has 1 aromatic heterocycles. The first-order chi connectivity index (χ1) is 5.40. The van der Waals surface area contributed by atoms with Crippen LogP contribution >= 0.6 is 11.5 Å². The van der Waals surface area contributed by atoms with Crippen LogP contribution in [-0.2, 0) is 12.8 Å². The topological polar surface area (TPSA) is 38.9 Å². The summed E-state index contributed by atoms with van der Waals surface area (Å²) in [7, 11) is 0. The van der Waals surface area contributed by atoms with E-state index >= 15 is 0 Å². The maximum atomic E-state index is 5.60. The molecule has 0 aliphatic heterocycles. The molecular weight excluding hydrogens is 156 g/mol. The van der Waals surface area contributed by atoms with Crippen LogP contribution in [0.4, 0.5) is 0 Å². The Morgan fingerprint density at radius 3 is 3.45 bits per heavy atom. The lowest BCUT2D eigenvalue weighted by Crippen LogP contribution is -2.21. The summed E-state index contributed by atoms with van der Waals surface area (Å²) in [6, 6.07) is 0. The molecule has 0 radical (unpaired) electrons. The van der Waals surface area contributed by atoms with E-state index < -0.39 is 0 Å². The first kappa shape index (κ1) is 7.25. The normalized spacial score (nSPS) is 23.2. The molecule has 0 spiro atoms. The predicted molar refractivity (Wildman–Crippen MR) is 46.7 cm³/mol. The Balaban J connectivity index is 2.18. The van der Waals surface area contributed by atoms with Gasteiger partial charge in [-0.3, -0.25) is 0 Å². The van der Waals surface area contributed by atoms with Gasteiger partial charge in [0, 0.05) is 5.38 Å². The molecule has 1 unspecified atom stereocenters. The molecule has 2 nitrogen and oxygen atoms in total. The zero-order valence-electron chi connectivity index (χ0n) is 6.42. The predicted octanol–water partition coefficient (Wildman–Crippen LogP) is 1.21. The summed E-state index contributed by atoms with van der Waals surface area (Å²) in [5.41, 5.74) is 8.37. The number of hydrogen-bond acceptors (Lipinski definition) is 3. The van der Waals surface area contributed by atoms with Crippen molar-refractivity contribution in [3.8, 4) is 0 Å². The van der Waals surface area contributed by atoms with Crippen molar-refractivity contribution in [1.82, 2.24) is 4.37 Å². The molecule has 0 aromatic carbocycles. The SMILES string of the molecule is NCC1CCc2csnc2C1. The van der Waals surface area contributed by atoms with Gasteiger partial charge in [-0.1, -0.05) is 0 Å². The fourth-order valence-corrected chi connectivity index (χ4v) is 2.34. The average Bonchev–Trinajstić information content (AvgIpc) is 2.50. The molecule has 60 valence electrons. The molecule has 1 aliphatic rings. The Labute approximate surface area is 70.6 Å². The van der Waals surface area contributed by atoms with E-state index in [9.17, 15) is 0 Å². The van der Waals surface area contributed by atoms with Crippen molar-refractivity contribution in [1.29, 1.82) is 0 Å². The largest absolute Gasteiger partial charge is 0.330 e. The lowest BCUT2D eigenvalue weighted by Gasteiger charge is -2.18. The van der Waals surface area contributed by atoms with Gasteiger partial charge in [0.15, 0.2) is 0 Å². The second-order valence-electron chi connectivity index (χ2n) is 3.13. The fraction of sp³-hybridized carbons (Fsp3) is 0.625. The van der Waals surface area contributed by atoms with E-state index in [0.717, 1.165) is 13.0 Å². The smallest absolute Gasteiger partial charge is 0.0577 e.